The Morgan fingerprint density at radius 3 is 2.24 bits per heavy atom. The number of carboxylic acids is 1. The number of carbonyl (C=O) groups is 1. The van der Waals surface area contributed by atoms with Crippen LogP contribution in [0.1, 0.15) is 12.0 Å². The van der Waals surface area contributed by atoms with Gasteiger partial charge in [-0.15, -0.1) is 0 Å². The first-order valence-corrected chi connectivity index (χ1v) is 7.81. The first-order valence-electron chi connectivity index (χ1n) is 7.81. The van der Waals surface area contributed by atoms with Gasteiger partial charge in [-0.1, -0.05) is 18.2 Å². The molecule has 0 spiro atoms. The fourth-order valence-electron chi connectivity index (χ4n) is 2.87. The van der Waals surface area contributed by atoms with Crippen LogP contribution >= 0.6 is 0 Å². The van der Waals surface area contributed by atoms with Gasteiger partial charge >= 0.3 is 5.97 Å². The molecule has 0 aliphatic heterocycles. The molecule has 128 valence electrons. The summed E-state index contributed by atoms with van der Waals surface area (Å²) >= 11 is 0. The lowest BCUT2D eigenvalue weighted by atomic mass is 9.97. The lowest BCUT2D eigenvalue weighted by Gasteiger charge is -2.15. The number of ether oxygens (including phenoxy) is 2. The molecule has 0 amide bonds. The maximum absolute atomic E-state index is 10.9. The van der Waals surface area contributed by atoms with Crippen molar-refractivity contribution in [2.75, 3.05) is 14.2 Å². The highest BCUT2D eigenvalue weighted by Crippen LogP contribution is 2.41. The van der Waals surface area contributed by atoms with E-state index in [1.165, 1.54) is 0 Å². The van der Waals surface area contributed by atoms with E-state index in [-0.39, 0.29) is 6.42 Å². The lowest BCUT2D eigenvalue weighted by Crippen LogP contribution is -2.00. The molecule has 2 aromatic carbocycles. The number of hydrogen-bond acceptors (Lipinski definition) is 5. The van der Waals surface area contributed by atoms with Gasteiger partial charge in [0.1, 0.15) is 11.5 Å². The fourth-order valence-corrected chi connectivity index (χ4v) is 2.87. The number of aliphatic carboxylic acids is 1. The number of nitrogens with zero attached hydrogens (tertiary/aromatic N) is 2. The standard InChI is InChI=1S/C19H18N2O4/c1-24-14-4-3-5-15(25-2)17(14)13-8-6-12(7-9-16(22)23)18-19(13)21-11-10-20-18/h3-6,8,10-11H,7,9H2,1-2H3,(H,22,23). The summed E-state index contributed by atoms with van der Waals surface area (Å²) in [4.78, 5) is 19.8. The molecule has 1 heterocycles. The number of fused-ring (bicyclic) bond motifs is 1. The topological polar surface area (TPSA) is 81.5 Å². The fraction of sp³-hybridized carbons (Fsp3) is 0.211. The van der Waals surface area contributed by atoms with Crippen molar-refractivity contribution < 1.29 is 19.4 Å². The Labute approximate surface area is 145 Å². The molecule has 0 fully saturated rings. The van der Waals surface area contributed by atoms with Crippen molar-refractivity contribution in [2.24, 2.45) is 0 Å². The molecule has 0 radical (unpaired) electrons. The summed E-state index contributed by atoms with van der Waals surface area (Å²) in [6, 6.07) is 9.38. The van der Waals surface area contributed by atoms with Gasteiger partial charge in [-0.3, -0.25) is 14.8 Å². The van der Waals surface area contributed by atoms with E-state index in [1.807, 2.05) is 30.3 Å². The Bertz CT molecular complexity index is 902. The summed E-state index contributed by atoms with van der Waals surface area (Å²) in [6.45, 7) is 0. The minimum absolute atomic E-state index is 0.0446. The summed E-state index contributed by atoms with van der Waals surface area (Å²) in [6.07, 6.45) is 3.67. The second-order valence-electron chi connectivity index (χ2n) is 5.46. The van der Waals surface area contributed by atoms with Crippen LogP contribution < -0.4 is 9.47 Å². The average molecular weight is 338 g/mol. The third-order valence-electron chi connectivity index (χ3n) is 4.01. The molecule has 0 unspecified atom stereocenters. The van der Waals surface area contributed by atoms with E-state index < -0.39 is 5.97 Å². The highest BCUT2D eigenvalue weighted by Gasteiger charge is 2.18. The van der Waals surface area contributed by atoms with Crippen molar-refractivity contribution in [2.45, 2.75) is 12.8 Å². The van der Waals surface area contributed by atoms with Crippen molar-refractivity contribution >= 4 is 17.0 Å². The van der Waals surface area contributed by atoms with E-state index in [2.05, 4.69) is 9.97 Å². The molecule has 0 saturated heterocycles. The average Bonchev–Trinajstić information content (AvgIpc) is 2.65. The summed E-state index contributed by atoms with van der Waals surface area (Å²) in [5, 5.41) is 8.95. The van der Waals surface area contributed by atoms with Gasteiger partial charge in [0.2, 0.25) is 0 Å². The van der Waals surface area contributed by atoms with Crippen LogP contribution in [0.2, 0.25) is 0 Å². The second kappa shape index (κ2) is 7.17. The third-order valence-corrected chi connectivity index (χ3v) is 4.01. The quantitative estimate of drug-likeness (QED) is 0.742. The van der Waals surface area contributed by atoms with Crippen molar-refractivity contribution in [3.63, 3.8) is 0 Å². The van der Waals surface area contributed by atoms with Gasteiger partial charge < -0.3 is 14.6 Å². The largest absolute Gasteiger partial charge is 0.496 e. The van der Waals surface area contributed by atoms with Crippen LogP contribution in [0.15, 0.2) is 42.7 Å². The van der Waals surface area contributed by atoms with E-state index in [0.717, 1.165) is 16.7 Å². The van der Waals surface area contributed by atoms with Gasteiger partial charge in [0.25, 0.3) is 0 Å². The van der Waals surface area contributed by atoms with Crippen LogP contribution in [-0.4, -0.2) is 35.3 Å². The zero-order valence-corrected chi connectivity index (χ0v) is 14.0. The molecule has 0 bridgehead atoms. The molecule has 6 nitrogen and oxygen atoms in total. The Kier molecular flexibility index (Phi) is 4.79. The van der Waals surface area contributed by atoms with Crippen LogP contribution in [0.5, 0.6) is 11.5 Å². The summed E-state index contributed by atoms with van der Waals surface area (Å²) in [5.74, 6) is 0.502. The lowest BCUT2D eigenvalue weighted by molar-refractivity contribution is -0.136. The van der Waals surface area contributed by atoms with Crippen LogP contribution in [0.25, 0.3) is 22.2 Å². The van der Waals surface area contributed by atoms with Gasteiger partial charge in [0, 0.05) is 24.4 Å². The number of methoxy groups -OCH3 is 2. The van der Waals surface area contributed by atoms with Crippen molar-refractivity contribution in [3.05, 3.63) is 48.3 Å². The van der Waals surface area contributed by atoms with Crippen molar-refractivity contribution in [1.29, 1.82) is 0 Å². The Morgan fingerprint density at radius 2 is 1.64 bits per heavy atom. The van der Waals surface area contributed by atoms with Crippen LogP contribution in [0.4, 0.5) is 0 Å². The Hall–Kier alpha value is -3.15. The smallest absolute Gasteiger partial charge is 0.303 e. The van der Waals surface area contributed by atoms with Gasteiger partial charge in [0.15, 0.2) is 0 Å². The molecule has 0 aliphatic rings. The molecule has 3 aromatic rings. The molecule has 1 N–H and O–H groups in total. The van der Waals surface area contributed by atoms with Crippen LogP contribution in [0, 0.1) is 0 Å². The zero-order valence-electron chi connectivity index (χ0n) is 14.0. The van der Waals surface area contributed by atoms with Crippen molar-refractivity contribution in [1.82, 2.24) is 9.97 Å². The first-order chi connectivity index (χ1) is 12.2. The van der Waals surface area contributed by atoms with E-state index in [9.17, 15) is 4.79 Å². The first kappa shape index (κ1) is 16.7. The number of aromatic nitrogens is 2. The van der Waals surface area contributed by atoms with E-state index in [4.69, 9.17) is 14.6 Å². The van der Waals surface area contributed by atoms with Gasteiger partial charge in [-0.05, 0) is 24.1 Å². The number of aryl methyl sites for hydroxylation is 1. The summed E-state index contributed by atoms with van der Waals surface area (Å²) in [5.41, 5.74) is 3.85. The minimum atomic E-state index is -0.840. The molecule has 0 saturated carbocycles. The van der Waals surface area contributed by atoms with Gasteiger partial charge in [-0.2, -0.15) is 0 Å². The van der Waals surface area contributed by atoms with E-state index >= 15 is 0 Å². The zero-order chi connectivity index (χ0) is 17.8. The van der Waals surface area contributed by atoms with Gasteiger partial charge in [-0.25, -0.2) is 0 Å². The molecule has 1 aromatic heterocycles. The molecule has 25 heavy (non-hydrogen) atoms. The summed E-state index contributed by atoms with van der Waals surface area (Å²) in [7, 11) is 3.21. The molecular formula is C19H18N2O4. The number of carboxylic acid groups (broad SMARTS) is 1. The highest BCUT2D eigenvalue weighted by atomic mass is 16.5. The van der Waals surface area contributed by atoms with Crippen LogP contribution in [-0.2, 0) is 11.2 Å². The maximum atomic E-state index is 10.9. The molecular weight excluding hydrogens is 320 g/mol. The van der Waals surface area contributed by atoms with E-state index in [0.29, 0.717) is 29.0 Å². The Balaban J connectivity index is 2.23. The predicted molar refractivity (Wildman–Crippen MR) is 94.0 cm³/mol. The summed E-state index contributed by atoms with van der Waals surface area (Å²) < 4.78 is 11.0. The SMILES string of the molecule is COc1cccc(OC)c1-c1ccc(CCC(=O)O)c2nccnc12. The molecule has 6 heteroatoms. The number of rotatable bonds is 6. The Morgan fingerprint density at radius 1 is 1.00 bits per heavy atom. The predicted octanol–water partition coefficient (Wildman–Crippen LogP) is 3.33. The van der Waals surface area contributed by atoms with E-state index in [1.54, 1.807) is 26.6 Å². The molecule has 3 rings (SSSR count). The third kappa shape index (κ3) is 3.24. The second-order valence-corrected chi connectivity index (χ2v) is 5.46. The highest BCUT2D eigenvalue weighted by molar-refractivity contribution is 5.96. The normalized spacial score (nSPS) is 10.6. The monoisotopic (exact) mass is 338 g/mol. The van der Waals surface area contributed by atoms with Gasteiger partial charge in [0.05, 0.1) is 30.8 Å². The number of hydrogen-bond donors (Lipinski definition) is 1. The van der Waals surface area contributed by atoms with Crippen LogP contribution in [0.3, 0.4) is 0 Å². The van der Waals surface area contributed by atoms with Crippen molar-refractivity contribution in [3.8, 4) is 22.6 Å². The molecule has 0 atom stereocenters. The maximum Gasteiger partial charge on any atom is 0.303 e. The minimum Gasteiger partial charge on any atom is -0.496 e. The molecule has 0 aliphatic carbocycles. The number of benzene rings is 2.